The first-order valence-corrected chi connectivity index (χ1v) is 9.23. The van der Waals surface area contributed by atoms with Gasteiger partial charge in [0.2, 0.25) is 11.8 Å². The van der Waals surface area contributed by atoms with Crippen molar-refractivity contribution in [3.63, 3.8) is 0 Å². The molecular weight excluding hydrogens is 386 g/mol. The van der Waals surface area contributed by atoms with Crippen molar-refractivity contribution < 1.29 is 14.3 Å². The molecule has 0 unspecified atom stereocenters. The molecule has 7 heteroatoms. The van der Waals surface area contributed by atoms with E-state index in [2.05, 4.69) is 20.9 Å². The fourth-order valence-electron chi connectivity index (χ4n) is 3.42. The minimum Gasteiger partial charge on any atom is -0.439 e. The van der Waals surface area contributed by atoms with Crippen LogP contribution in [0.5, 0.6) is 0 Å². The number of rotatable bonds is 3. The van der Waals surface area contributed by atoms with Crippen molar-refractivity contribution in [2.45, 2.75) is 32.5 Å². The minimum atomic E-state index is -0.307. The molecule has 2 aliphatic heterocycles. The van der Waals surface area contributed by atoms with Crippen LogP contribution in [-0.2, 0) is 17.9 Å². The number of carbonyl (C=O) groups excluding carboxylic acids is 1. The first-order chi connectivity index (χ1) is 12.0. The Balaban J connectivity index is 1.45. The largest absolute Gasteiger partial charge is 0.439 e. The molecule has 1 N–H and O–H groups in total. The number of β-amino-alcohol motifs (C(OH)–C–C–N with tert-alkyl or cyclic N) is 1. The second kappa shape index (κ2) is 6.55. The molecule has 0 aliphatic carbocycles. The molecule has 1 fully saturated rings. The van der Waals surface area contributed by atoms with E-state index >= 15 is 0 Å². The number of hydrogen-bond acceptors (Lipinski definition) is 5. The lowest BCUT2D eigenvalue weighted by Gasteiger charge is -2.20. The van der Waals surface area contributed by atoms with Crippen molar-refractivity contribution in [2.24, 2.45) is 0 Å². The maximum atomic E-state index is 12.5. The molecule has 0 radical (unpaired) electrons. The number of fused-ring (bicyclic) bond motifs is 1. The highest BCUT2D eigenvalue weighted by Crippen LogP contribution is 2.32. The predicted octanol–water partition coefficient (Wildman–Crippen LogP) is 2.32. The van der Waals surface area contributed by atoms with Crippen LogP contribution in [0.1, 0.15) is 23.4 Å². The van der Waals surface area contributed by atoms with Gasteiger partial charge in [0.25, 0.3) is 0 Å². The first-order valence-electron chi connectivity index (χ1n) is 8.43. The molecule has 1 saturated heterocycles. The van der Waals surface area contributed by atoms with Crippen LogP contribution >= 0.6 is 15.9 Å². The third-order valence-corrected chi connectivity index (χ3v) is 5.77. The number of carbonyl (C=O) groups is 1. The standard InChI is InChI=1S/C18H20BrN3O3/c1-11-13(3-2-4-14(11)19)18-20-15-8-22(9-16(15)25-18)17(24)10-21-6-5-12(23)7-21/h2-4,12,23H,5-10H2,1H3/t12-/m1/s1. The normalized spacial score (nSPS) is 20.3. The summed E-state index contributed by atoms with van der Waals surface area (Å²) in [6.07, 6.45) is 0.434. The van der Waals surface area contributed by atoms with Crippen molar-refractivity contribution in [3.05, 3.63) is 39.7 Å². The number of amides is 1. The zero-order valence-corrected chi connectivity index (χ0v) is 15.6. The zero-order chi connectivity index (χ0) is 17.6. The molecule has 0 spiro atoms. The molecule has 132 valence electrons. The van der Waals surface area contributed by atoms with Crippen LogP contribution in [0.3, 0.4) is 0 Å². The first kappa shape index (κ1) is 16.8. The van der Waals surface area contributed by atoms with Gasteiger partial charge in [-0.3, -0.25) is 9.69 Å². The van der Waals surface area contributed by atoms with Crippen molar-refractivity contribution in [3.8, 4) is 11.5 Å². The summed E-state index contributed by atoms with van der Waals surface area (Å²) in [4.78, 5) is 20.8. The molecule has 3 heterocycles. The van der Waals surface area contributed by atoms with Crippen LogP contribution in [0.4, 0.5) is 0 Å². The predicted molar refractivity (Wildman–Crippen MR) is 95.7 cm³/mol. The third-order valence-electron chi connectivity index (χ3n) is 4.91. The number of benzene rings is 1. The number of aliphatic hydroxyl groups is 1. The van der Waals surface area contributed by atoms with Gasteiger partial charge in [-0.1, -0.05) is 22.0 Å². The molecule has 6 nitrogen and oxygen atoms in total. The number of nitrogens with zero attached hydrogens (tertiary/aromatic N) is 3. The summed E-state index contributed by atoms with van der Waals surface area (Å²) in [6, 6.07) is 5.94. The maximum absolute atomic E-state index is 12.5. The van der Waals surface area contributed by atoms with Crippen molar-refractivity contribution in [2.75, 3.05) is 19.6 Å². The Kier molecular flexibility index (Phi) is 4.39. The van der Waals surface area contributed by atoms with E-state index in [1.54, 1.807) is 4.90 Å². The Hall–Kier alpha value is -1.70. The molecule has 2 aliphatic rings. The molecule has 2 aromatic rings. The topological polar surface area (TPSA) is 69.8 Å². The smallest absolute Gasteiger partial charge is 0.237 e. The summed E-state index contributed by atoms with van der Waals surface area (Å²) in [5.74, 6) is 1.44. The Labute approximate surface area is 154 Å². The van der Waals surface area contributed by atoms with Crippen LogP contribution in [-0.4, -0.2) is 51.5 Å². The van der Waals surface area contributed by atoms with E-state index in [0.29, 0.717) is 32.1 Å². The number of halogens is 1. The van der Waals surface area contributed by atoms with E-state index in [4.69, 9.17) is 4.42 Å². The molecule has 0 bridgehead atoms. The lowest BCUT2D eigenvalue weighted by Crippen LogP contribution is -2.37. The van der Waals surface area contributed by atoms with E-state index in [1.807, 2.05) is 30.0 Å². The van der Waals surface area contributed by atoms with Gasteiger partial charge in [-0.25, -0.2) is 4.98 Å². The molecule has 25 heavy (non-hydrogen) atoms. The summed E-state index contributed by atoms with van der Waals surface area (Å²) in [5.41, 5.74) is 2.89. The summed E-state index contributed by atoms with van der Waals surface area (Å²) >= 11 is 3.53. The monoisotopic (exact) mass is 405 g/mol. The quantitative estimate of drug-likeness (QED) is 0.848. The fourth-order valence-corrected chi connectivity index (χ4v) is 3.78. The second-order valence-corrected chi connectivity index (χ2v) is 7.58. The Morgan fingerprint density at radius 2 is 2.28 bits per heavy atom. The number of aliphatic hydroxyl groups excluding tert-OH is 1. The molecule has 1 aromatic heterocycles. The van der Waals surface area contributed by atoms with Crippen molar-refractivity contribution in [1.82, 2.24) is 14.8 Å². The van der Waals surface area contributed by atoms with Gasteiger partial charge >= 0.3 is 0 Å². The molecule has 0 saturated carbocycles. The molecule has 1 amide bonds. The van der Waals surface area contributed by atoms with Crippen LogP contribution in [0.25, 0.3) is 11.5 Å². The summed E-state index contributed by atoms with van der Waals surface area (Å²) in [5, 5.41) is 9.57. The van der Waals surface area contributed by atoms with Gasteiger partial charge in [-0.05, 0) is 31.0 Å². The molecular formula is C18H20BrN3O3. The highest BCUT2D eigenvalue weighted by molar-refractivity contribution is 9.10. The lowest BCUT2D eigenvalue weighted by molar-refractivity contribution is -0.133. The average Bonchev–Trinajstić information content (AvgIpc) is 3.24. The van der Waals surface area contributed by atoms with Gasteiger partial charge in [-0.15, -0.1) is 0 Å². The SMILES string of the molecule is Cc1c(Br)cccc1-c1nc2c(o1)CN(C(=O)CN1CC[C@@H](O)C1)C2. The van der Waals surface area contributed by atoms with E-state index in [-0.39, 0.29) is 12.0 Å². The van der Waals surface area contributed by atoms with Gasteiger partial charge in [0.05, 0.1) is 25.7 Å². The highest BCUT2D eigenvalue weighted by Gasteiger charge is 2.31. The number of hydrogen-bond donors (Lipinski definition) is 1. The summed E-state index contributed by atoms with van der Waals surface area (Å²) in [6.45, 7) is 4.67. The minimum absolute atomic E-state index is 0.0579. The van der Waals surface area contributed by atoms with Gasteiger partial charge in [0.15, 0.2) is 0 Å². The average molecular weight is 406 g/mol. The molecule has 4 rings (SSSR count). The molecule has 1 atom stereocenters. The highest BCUT2D eigenvalue weighted by atomic mass is 79.9. The van der Waals surface area contributed by atoms with E-state index in [0.717, 1.165) is 40.0 Å². The van der Waals surface area contributed by atoms with Gasteiger partial charge < -0.3 is 14.4 Å². The van der Waals surface area contributed by atoms with Crippen LogP contribution in [0.2, 0.25) is 0 Å². The second-order valence-electron chi connectivity index (χ2n) is 6.73. The van der Waals surface area contributed by atoms with Crippen molar-refractivity contribution in [1.29, 1.82) is 0 Å². The number of oxazole rings is 1. The maximum Gasteiger partial charge on any atom is 0.237 e. The Morgan fingerprint density at radius 3 is 3.00 bits per heavy atom. The number of likely N-dealkylation sites (tertiary alicyclic amines) is 1. The van der Waals surface area contributed by atoms with Crippen LogP contribution in [0.15, 0.2) is 27.1 Å². The van der Waals surface area contributed by atoms with Gasteiger partial charge in [-0.2, -0.15) is 0 Å². The van der Waals surface area contributed by atoms with E-state index in [9.17, 15) is 9.90 Å². The summed E-state index contributed by atoms with van der Waals surface area (Å²) in [7, 11) is 0. The van der Waals surface area contributed by atoms with Crippen molar-refractivity contribution >= 4 is 21.8 Å². The van der Waals surface area contributed by atoms with Gasteiger partial charge in [0, 0.05) is 23.1 Å². The summed E-state index contributed by atoms with van der Waals surface area (Å²) < 4.78 is 6.96. The van der Waals surface area contributed by atoms with E-state index in [1.165, 1.54) is 0 Å². The Morgan fingerprint density at radius 1 is 1.44 bits per heavy atom. The molecule has 1 aromatic carbocycles. The Bertz CT molecular complexity index is 796. The zero-order valence-electron chi connectivity index (χ0n) is 14.0. The number of aromatic nitrogens is 1. The fraction of sp³-hybridized carbons (Fsp3) is 0.444. The van der Waals surface area contributed by atoms with Crippen LogP contribution in [0, 0.1) is 6.92 Å². The lowest BCUT2D eigenvalue weighted by atomic mass is 10.1. The third kappa shape index (κ3) is 3.23. The van der Waals surface area contributed by atoms with E-state index < -0.39 is 0 Å². The van der Waals surface area contributed by atoms with Gasteiger partial charge in [0.1, 0.15) is 11.5 Å². The van der Waals surface area contributed by atoms with Crippen LogP contribution < -0.4 is 0 Å².